The maximum atomic E-state index is 11.9. The van der Waals surface area contributed by atoms with Crippen molar-refractivity contribution in [2.45, 2.75) is 39.3 Å². The Balaban J connectivity index is 1.78. The number of carbonyl (C=O) groups is 2. The van der Waals surface area contributed by atoms with Crippen LogP contribution in [0.4, 0.5) is 0 Å². The first-order chi connectivity index (χ1) is 10.0. The van der Waals surface area contributed by atoms with Crippen molar-refractivity contribution < 1.29 is 14.3 Å². The van der Waals surface area contributed by atoms with E-state index in [0.717, 1.165) is 11.3 Å². The molecular formula is C16H22N2O3. The smallest absolute Gasteiger partial charge is 0.242 e. The third kappa shape index (κ3) is 4.77. The molecule has 0 aromatic heterocycles. The van der Waals surface area contributed by atoms with Crippen LogP contribution in [0.25, 0.3) is 0 Å². The summed E-state index contributed by atoms with van der Waals surface area (Å²) >= 11 is 0. The van der Waals surface area contributed by atoms with Crippen LogP contribution in [-0.2, 0) is 16.1 Å². The van der Waals surface area contributed by atoms with Crippen LogP contribution in [0, 0.1) is 5.92 Å². The quantitative estimate of drug-likeness (QED) is 0.836. The van der Waals surface area contributed by atoms with E-state index in [1.165, 1.54) is 0 Å². The molecule has 0 bridgehead atoms. The van der Waals surface area contributed by atoms with Gasteiger partial charge in [0, 0.05) is 13.0 Å². The Morgan fingerprint density at radius 3 is 2.67 bits per heavy atom. The second-order valence-corrected chi connectivity index (χ2v) is 5.73. The molecule has 1 saturated heterocycles. The zero-order valence-electron chi connectivity index (χ0n) is 12.5. The van der Waals surface area contributed by atoms with Crippen LogP contribution >= 0.6 is 0 Å². The van der Waals surface area contributed by atoms with E-state index < -0.39 is 0 Å². The summed E-state index contributed by atoms with van der Waals surface area (Å²) in [7, 11) is 0. The Morgan fingerprint density at radius 2 is 2.10 bits per heavy atom. The number of hydrogen-bond donors (Lipinski definition) is 2. The normalized spacial score (nSPS) is 17.7. The van der Waals surface area contributed by atoms with E-state index in [9.17, 15) is 9.59 Å². The lowest BCUT2D eigenvalue weighted by Crippen LogP contribution is -2.41. The average molecular weight is 290 g/mol. The van der Waals surface area contributed by atoms with Crippen LogP contribution in [-0.4, -0.2) is 24.5 Å². The predicted octanol–water partition coefficient (Wildman–Crippen LogP) is 1.62. The highest BCUT2D eigenvalue weighted by molar-refractivity contribution is 5.90. The van der Waals surface area contributed by atoms with Gasteiger partial charge >= 0.3 is 0 Å². The summed E-state index contributed by atoms with van der Waals surface area (Å²) in [5.74, 6) is 1.15. The third-order valence-electron chi connectivity index (χ3n) is 3.29. The molecule has 1 heterocycles. The van der Waals surface area contributed by atoms with E-state index >= 15 is 0 Å². The zero-order chi connectivity index (χ0) is 15.2. The minimum atomic E-state index is -0.383. The molecule has 114 valence electrons. The minimum absolute atomic E-state index is 0.0539. The Morgan fingerprint density at radius 1 is 1.38 bits per heavy atom. The lowest BCUT2D eigenvalue weighted by atomic mass is 10.2. The average Bonchev–Trinajstić information content (AvgIpc) is 2.90. The van der Waals surface area contributed by atoms with Gasteiger partial charge in [-0.05, 0) is 30.0 Å². The van der Waals surface area contributed by atoms with Crippen LogP contribution in [0.15, 0.2) is 24.3 Å². The predicted molar refractivity (Wildman–Crippen MR) is 79.8 cm³/mol. The molecule has 1 aliphatic rings. The molecule has 0 saturated carbocycles. The summed E-state index contributed by atoms with van der Waals surface area (Å²) < 4.78 is 5.61. The molecule has 0 radical (unpaired) electrons. The molecule has 2 N–H and O–H groups in total. The van der Waals surface area contributed by atoms with Gasteiger partial charge in [0.25, 0.3) is 0 Å². The lowest BCUT2D eigenvalue weighted by molar-refractivity contribution is -0.125. The van der Waals surface area contributed by atoms with E-state index in [1.807, 2.05) is 24.3 Å². The van der Waals surface area contributed by atoms with Crippen molar-refractivity contribution in [3.8, 4) is 5.75 Å². The standard InChI is InChI=1S/C16H22N2O3/c1-11(2)10-21-13-5-3-12(4-6-13)9-17-16(20)14-7-8-15(19)18-14/h3-6,11,14H,7-10H2,1-2H3,(H,17,20)(H,18,19). The number of nitrogens with one attached hydrogen (secondary N) is 2. The van der Waals surface area contributed by atoms with Crippen LogP contribution in [0.5, 0.6) is 5.75 Å². The van der Waals surface area contributed by atoms with Crippen molar-refractivity contribution in [1.82, 2.24) is 10.6 Å². The fraction of sp³-hybridized carbons (Fsp3) is 0.500. The highest BCUT2D eigenvalue weighted by Crippen LogP contribution is 2.13. The summed E-state index contributed by atoms with van der Waals surface area (Å²) in [6, 6.07) is 7.29. The van der Waals surface area contributed by atoms with Gasteiger partial charge in [-0.1, -0.05) is 26.0 Å². The molecule has 1 atom stereocenters. The first kappa shape index (κ1) is 15.4. The van der Waals surface area contributed by atoms with Crippen molar-refractivity contribution in [2.24, 2.45) is 5.92 Å². The van der Waals surface area contributed by atoms with E-state index in [4.69, 9.17) is 4.74 Å². The SMILES string of the molecule is CC(C)COc1ccc(CNC(=O)C2CCC(=O)N2)cc1. The van der Waals surface area contributed by atoms with Crippen LogP contribution in [0.2, 0.25) is 0 Å². The molecule has 5 heteroatoms. The first-order valence-corrected chi connectivity index (χ1v) is 7.33. The number of carbonyl (C=O) groups excluding carboxylic acids is 2. The monoisotopic (exact) mass is 290 g/mol. The molecule has 2 amide bonds. The van der Waals surface area contributed by atoms with Gasteiger partial charge in [-0.3, -0.25) is 9.59 Å². The molecule has 1 aliphatic heterocycles. The van der Waals surface area contributed by atoms with Gasteiger partial charge < -0.3 is 15.4 Å². The van der Waals surface area contributed by atoms with Crippen molar-refractivity contribution in [2.75, 3.05) is 6.61 Å². The highest BCUT2D eigenvalue weighted by atomic mass is 16.5. The fourth-order valence-corrected chi connectivity index (χ4v) is 2.09. The highest BCUT2D eigenvalue weighted by Gasteiger charge is 2.26. The summed E-state index contributed by atoms with van der Waals surface area (Å²) in [5, 5.41) is 5.49. The molecule has 1 aromatic carbocycles. The molecule has 1 fully saturated rings. The summed E-state index contributed by atoms with van der Waals surface area (Å²) in [5.41, 5.74) is 1.00. The number of ether oxygens (including phenoxy) is 1. The Labute approximate surface area is 125 Å². The number of rotatable bonds is 6. The number of benzene rings is 1. The summed E-state index contributed by atoms with van der Waals surface area (Å²) in [4.78, 5) is 22.9. The molecule has 2 rings (SSSR count). The maximum absolute atomic E-state index is 11.9. The summed E-state index contributed by atoms with van der Waals surface area (Å²) in [6.07, 6.45) is 1.01. The van der Waals surface area contributed by atoms with Crippen molar-refractivity contribution in [3.05, 3.63) is 29.8 Å². The largest absolute Gasteiger partial charge is 0.493 e. The van der Waals surface area contributed by atoms with Gasteiger partial charge in [-0.15, -0.1) is 0 Å². The van der Waals surface area contributed by atoms with Gasteiger partial charge in [-0.25, -0.2) is 0 Å². The van der Waals surface area contributed by atoms with Crippen LogP contribution < -0.4 is 15.4 Å². The van der Waals surface area contributed by atoms with Gasteiger partial charge in [-0.2, -0.15) is 0 Å². The molecule has 21 heavy (non-hydrogen) atoms. The Bertz CT molecular complexity index is 497. The Kier molecular flexibility index (Phi) is 5.20. The van der Waals surface area contributed by atoms with Crippen LogP contribution in [0.3, 0.4) is 0 Å². The van der Waals surface area contributed by atoms with Crippen LogP contribution in [0.1, 0.15) is 32.3 Å². The van der Waals surface area contributed by atoms with Crippen molar-refractivity contribution >= 4 is 11.8 Å². The van der Waals surface area contributed by atoms with E-state index in [1.54, 1.807) is 0 Å². The molecule has 0 spiro atoms. The third-order valence-corrected chi connectivity index (χ3v) is 3.29. The van der Waals surface area contributed by atoms with E-state index in [2.05, 4.69) is 24.5 Å². The molecular weight excluding hydrogens is 268 g/mol. The number of amides is 2. The van der Waals surface area contributed by atoms with Crippen molar-refractivity contribution in [1.29, 1.82) is 0 Å². The summed E-state index contributed by atoms with van der Waals surface area (Å²) in [6.45, 7) is 5.35. The molecule has 1 aromatic rings. The lowest BCUT2D eigenvalue weighted by Gasteiger charge is -2.12. The van der Waals surface area contributed by atoms with E-state index in [-0.39, 0.29) is 17.9 Å². The Hall–Kier alpha value is -2.04. The second kappa shape index (κ2) is 7.11. The van der Waals surface area contributed by atoms with Gasteiger partial charge in [0.05, 0.1) is 6.61 Å². The minimum Gasteiger partial charge on any atom is -0.493 e. The van der Waals surface area contributed by atoms with Crippen molar-refractivity contribution in [3.63, 3.8) is 0 Å². The molecule has 0 aliphatic carbocycles. The maximum Gasteiger partial charge on any atom is 0.242 e. The van der Waals surface area contributed by atoms with Gasteiger partial charge in [0.1, 0.15) is 11.8 Å². The molecule has 5 nitrogen and oxygen atoms in total. The van der Waals surface area contributed by atoms with E-state index in [0.29, 0.717) is 31.9 Å². The van der Waals surface area contributed by atoms with Gasteiger partial charge in [0.2, 0.25) is 11.8 Å². The topological polar surface area (TPSA) is 67.4 Å². The number of hydrogen-bond acceptors (Lipinski definition) is 3. The zero-order valence-corrected chi connectivity index (χ0v) is 12.5. The first-order valence-electron chi connectivity index (χ1n) is 7.33. The fourth-order valence-electron chi connectivity index (χ4n) is 2.09. The van der Waals surface area contributed by atoms with Gasteiger partial charge in [0.15, 0.2) is 0 Å². The molecule has 1 unspecified atom stereocenters. The second-order valence-electron chi connectivity index (χ2n) is 5.73.